The summed E-state index contributed by atoms with van der Waals surface area (Å²) in [6.07, 6.45) is 4.32. The van der Waals surface area contributed by atoms with Gasteiger partial charge in [0.15, 0.2) is 0 Å². The molecule has 1 aliphatic carbocycles. The predicted octanol–water partition coefficient (Wildman–Crippen LogP) is 0.107. The van der Waals surface area contributed by atoms with Crippen LogP contribution in [0.5, 0.6) is 0 Å². The van der Waals surface area contributed by atoms with E-state index in [0.717, 1.165) is 30.5 Å². The summed E-state index contributed by atoms with van der Waals surface area (Å²) in [6, 6.07) is 1.68. The molecular formula is C17H24N4O3. The van der Waals surface area contributed by atoms with Crippen LogP contribution in [0.25, 0.3) is 0 Å². The Hall–Kier alpha value is -2.18. The minimum Gasteiger partial charge on any atom is -0.354 e. The molecule has 0 aromatic carbocycles. The summed E-state index contributed by atoms with van der Waals surface area (Å²) < 4.78 is 1.45. The second kappa shape index (κ2) is 7.15. The SMILES string of the molecule is CC(=O)N1CCC(C(=O)NCCn2nc3c(cc2=O)CCC3)CC1. The summed E-state index contributed by atoms with van der Waals surface area (Å²) in [5.41, 5.74) is 1.98. The first-order chi connectivity index (χ1) is 11.5. The molecule has 2 aliphatic rings. The van der Waals surface area contributed by atoms with E-state index in [0.29, 0.717) is 39.0 Å². The molecule has 2 heterocycles. The number of aromatic nitrogens is 2. The number of likely N-dealkylation sites (tertiary alicyclic amines) is 1. The second-order valence-electron chi connectivity index (χ2n) is 6.60. The van der Waals surface area contributed by atoms with Crippen molar-refractivity contribution in [3.8, 4) is 0 Å². The lowest BCUT2D eigenvalue weighted by Crippen LogP contribution is -2.43. The molecule has 24 heavy (non-hydrogen) atoms. The van der Waals surface area contributed by atoms with E-state index in [2.05, 4.69) is 10.4 Å². The largest absolute Gasteiger partial charge is 0.354 e. The Kier molecular flexibility index (Phi) is 4.97. The van der Waals surface area contributed by atoms with Gasteiger partial charge in [-0.05, 0) is 37.7 Å². The number of aryl methyl sites for hydroxylation is 2. The lowest BCUT2D eigenvalue weighted by Gasteiger charge is -2.30. The average Bonchev–Trinajstić information content (AvgIpc) is 3.02. The third-order valence-corrected chi connectivity index (χ3v) is 4.96. The summed E-state index contributed by atoms with van der Waals surface area (Å²) in [5.74, 6) is 0.0219. The second-order valence-corrected chi connectivity index (χ2v) is 6.60. The Morgan fingerprint density at radius 2 is 2.04 bits per heavy atom. The monoisotopic (exact) mass is 332 g/mol. The van der Waals surface area contributed by atoms with Gasteiger partial charge >= 0.3 is 0 Å². The Labute approximate surface area is 141 Å². The quantitative estimate of drug-likeness (QED) is 0.848. The van der Waals surface area contributed by atoms with Gasteiger partial charge < -0.3 is 10.2 Å². The molecule has 1 aromatic heterocycles. The third-order valence-electron chi connectivity index (χ3n) is 4.96. The van der Waals surface area contributed by atoms with Crippen LogP contribution in [0, 0.1) is 5.92 Å². The van der Waals surface area contributed by atoms with Gasteiger partial charge in [-0.1, -0.05) is 0 Å². The Balaban J connectivity index is 1.48. The summed E-state index contributed by atoms with van der Waals surface area (Å²) in [6.45, 7) is 3.63. The van der Waals surface area contributed by atoms with Crippen molar-refractivity contribution in [3.63, 3.8) is 0 Å². The molecule has 7 heteroatoms. The number of carbonyl (C=O) groups excluding carboxylic acids is 2. The number of hydrogen-bond donors (Lipinski definition) is 1. The van der Waals surface area contributed by atoms with E-state index in [9.17, 15) is 14.4 Å². The number of rotatable bonds is 4. The molecular weight excluding hydrogens is 308 g/mol. The highest BCUT2D eigenvalue weighted by atomic mass is 16.2. The van der Waals surface area contributed by atoms with Gasteiger partial charge in [0.05, 0.1) is 12.2 Å². The normalized spacial score (nSPS) is 17.6. The van der Waals surface area contributed by atoms with Crippen LogP contribution in [-0.2, 0) is 29.0 Å². The minimum atomic E-state index is -0.0975. The van der Waals surface area contributed by atoms with E-state index < -0.39 is 0 Å². The molecule has 3 rings (SSSR count). The molecule has 2 amide bonds. The lowest BCUT2D eigenvalue weighted by atomic mass is 9.96. The smallest absolute Gasteiger partial charge is 0.267 e. The van der Waals surface area contributed by atoms with Gasteiger partial charge in [0, 0.05) is 38.5 Å². The number of nitrogens with zero attached hydrogens (tertiary/aromatic N) is 3. The van der Waals surface area contributed by atoms with Crippen molar-refractivity contribution in [2.75, 3.05) is 19.6 Å². The van der Waals surface area contributed by atoms with E-state index in [1.807, 2.05) is 0 Å². The zero-order valence-electron chi connectivity index (χ0n) is 14.1. The zero-order chi connectivity index (χ0) is 17.1. The minimum absolute atomic E-state index is 0.00686. The first-order valence-corrected chi connectivity index (χ1v) is 8.68. The van der Waals surface area contributed by atoms with Crippen LogP contribution in [0.2, 0.25) is 0 Å². The Morgan fingerprint density at radius 3 is 2.75 bits per heavy atom. The molecule has 0 bridgehead atoms. The first kappa shape index (κ1) is 16.7. The molecule has 1 N–H and O–H groups in total. The van der Waals surface area contributed by atoms with Crippen LogP contribution in [0.3, 0.4) is 0 Å². The standard InChI is InChI=1S/C17H24N4O3/c1-12(22)20-8-5-13(6-9-20)17(24)18-7-10-21-16(23)11-14-3-2-4-15(14)19-21/h11,13H,2-10H2,1H3,(H,18,24). The molecule has 0 atom stereocenters. The van der Waals surface area contributed by atoms with E-state index in [1.165, 1.54) is 4.68 Å². The van der Waals surface area contributed by atoms with Crippen LogP contribution in [0.15, 0.2) is 10.9 Å². The number of nitrogens with one attached hydrogen (secondary N) is 1. The maximum absolute atomic E-state index is 12.2. The number of carbonyl (C=O) groups is 2. The maximum atomic E-state index is 12.2. The number of hydrogen-bond acceptors (Lipinski definition) is 4. The molecule has 1 saturated heterocycles. The zero-order valence-corrected chi connectivity index (χ0v) is 14.1. The van der Waals surface area contributed by atoms with Gasteiger partial charge in [-0.3, -0.25) is 14.4 Å². The van der Waals surface area contributed by atoms with E-state index in [-0.39, 0.29) is 23.3 Å². The van der Waals surface area contributed by atoms with Crippen molar-refractivity contribution in [2.45, 2.75) is 45.6 Å². The summed E-state index contributed by atoms with van der Waals surface area (Å²) >= 11 is 0. The fraction of sp³-hybridized carbons (Fsp3) is 0.647. The lowest BCUT2D eigenvalue weighted by molar-refractivity contribution is -0.133. The van der Waals surface area contributed by atoms with Crippen molar-refractivity contribution in [2.24, 2.45) is 5.92 Å². The van der Waals surface area contributed by atoms with Crippen LogP contribution >= 0.6 is 0 Å². The van der Waals surface area contributed by atoms with Crippen LogP contribution < -0.4 is 10.9 Å². The molecule has 130 valence electrons. The summed E-state index contributed by atoms with van der Waals surface area (Å²) in [4.78, 5) is 37.3. The van der Waals surface area contributed by atoms with E-state index in [4.69, 9.17) is 0 Å². The highest BCUT2D eigenvalue weighted by Crippen LogP contribution is 2.18. The van der Waals surface area contributed by atoms with Gasteiger partial charge in [0.2, 0.25) is 11.8 Å². The Bertz CT molecular complexity index is 690. The third kappa shape index (κ3) is 3.66. The van der Waals surface area contributed by atoms with E-state index >= 15 is 0 Å². The number of piperidine rings is 1. The molecule has 0 spiro atoms. The van der Waals surface area contributed by atoms with Crippen molar-refractivity contribution in [1.82, 2.24) is 20.0 Å². The Morgan fingerprint density at radius 1 is 1.29 bits per heavy atom. The molecule has 7 nitrogen and oxygen atoms in total. The van der Waals surface area contributed by atoms with Gasteiger partial charge in [0.1, 0.15) is 0 Å². The molecule has 1 aliphatic heterocycles. The van der Waals surface area contributed by atoms with Crippen LogP contribution in [-0.4, -0.2) is 46.1 Å². The van der Waals surface area contributed by atoms with Crippen LogP contribution in [0.1, 0.15) is 37.4 Å². The van der Waals surface area contributed by atoms with Crippen LogP contribution in [0.4, 0.5) is 0 Å². The summed E-state index contributed by atoms with van der Waals surface area (Å²) in [5, 5.41) is 7.30. The number of amides is 2. The topological polar surface area (TPSA) is 84.3 Å². The number of fused-ring (bicyclic) bond motifs is 1. The van der Waals surface area contributed by atoms with Gasteiger partial charge in [-0.25, -0.2) is 4.68 Å². The molecule has 0 radical (unpaired) electrons. The average molecular weight is 332 g/mol. The predicted molar refractivity (Wildman–Crippen MR) is 88.5 cm³/mol. The van der Waals surface area contributed by atoms with Crippen molar-refractivity contribution < 1.29 is 9.59 Å². The molecule has 0 unspecified atom stereocenters. The highest BCUT2D eigenvalue weighted by Gasteiger charge is 2.25. The van der Waals surface area contributed by atoms with Crippen molar-refractivity contribution in [3.05, 3.63) is 27.7 Å². The summed E-state index contributed by atoms with van der Waals surface area (Å²) in [7, 11) is 0. The molecule has 0 saturated carbocycles. The van der Waals surface area contributed by atoms with Gasteiger partial charge in [-0.2, -0.15) is 5.10 Å². The molecule has 1 fully saturated rings. The fourth-order valence-corrected chi connectivity index (χ4v) is 3.49. The van der Waals surface area contributed by atoms with E-state index in [1.54, 1.807) is 17.9 Å². The molecule has 1 aromatic rings. The van der Waals surface area contributed by atoms with Crippen molar-refractivity contribution in [1.29, 1.82) is 0 Å². The maximum Gasteiger partial charge on any atom is 0.267 e. The first-order valence-electron chi connectivity index (χ1n) is 8.68. The van der Waals surface area contributed by atoms with Gasteiger partial charge in [0.25, 0.3) is 5.56 Å². The highest BCUT2D eigenvalue weighted by molar-refractivity contribution is 5.79. The van der Waals surface area contributed by atoms with Crippen molar-refractivity contribution >= 4 is 11.8 Å². The van der Waals surface area contributed by atoms with Gasteiger partial charge in [-0.15, -0.1) is 0 Å². The fourth-order valence-electron chi connectivity index (χ4n) is 3.49.